The molecule has 5 nitrogen and oxygen atoms in total. The van der Waals surface area contributed by atoms with Crippen molar-refractivity contribution in [2.45, 2.75) is 0 Å². The Balaban J connectivity index is 1.60. The van der Waals surface area contributed by atoms with Crippen LogP contribution in [0.3, 0.4) is 0 Å². The highest BCUT2D eigenvalue weighted by Gasteiger charge is 2.12. The van der Waals surface area contributed by atoms with E-state index in [-0.39, 0.29) is 12.3 Å². The van der Waals surface area contributed by atoms with E-state index in [0.29, 0.717) is 11.2 Å². The van der Waals surface area contributed by atoms with E-state index in [4.69, 9.17) is 4.74 Å². The van der Waals surface area contributed by atoms with Gasteiger partial charge in [-0.2, -0.15) is 0 Å². The van der Waals surface area contributed by atoms with E-state index in [1.165, 1.54) is 0 Å². The van der Waals surface area contributed by atoms with Gasteiger partial charge in [0.15, 0.2) is 6.61 Å². The predicted octanol–water partition coefficient (Wildman–Crippen LogP) is 3.63. The number of pyridine rings is 1. The summed E-state index contributed by atoms with van der Waals surface area (Å²) in [6.07, 6.45) is 0. The van der Waals surface area contributed by atoms with E-state index in [1.807, 2.05) is 42.5 Å². The molecule has 0 bridgehead atoms. The van der Waals surface area contributed by atoms with Crippen LogP contribution in [0, 0.1) is 3.57 Å². The van der Waals surface area contributed by atoms with Crippen molar-refractivity contribution in [2.75, 3.05) is 11.9 Å². The second-order valence-corrected chi connectivity index (χ2v) is 6.27. The van der Waals surface area contributed by atoms with Crippen molar-refractivity contribution in [3.05, 3.63) is 69.9 Å². The van der Waals surface area contributed by atoms with Gasteiger partial charge in [-0.25, -0.2) is 9.78 Å². The highest BCUT2D eigenvalue weighted by atomic mass is 127. The lowest BCUT2D eigenvalue weighted by Gasteiger charge is -2.07. The number of para-hydroxylation sites is 1. The SMILES string of the molecule is O=C(COC(=O)c1ccc2ccccc2n1)Nc1cccc(I)c1. The number of carbonyl (C=O) groups is 2. The summed E-state index contributed by atoms with van der Waals surface area (Å²) in [5.41, 5.74) is 1.54. The third-order valence-corrected chi connectivity index (χ3v) is 3.92. The van der Waals surface area contributed by atoms with Crippen LogP contribution in [0.15, 0.2) is 60.7 Å². The van der Waals surface area contributed by atoms with E-state index in [1.54, 1.807) is 18.2 Å². The van der Waals surface area contributed by atoms with Gasteiger partial charge in [-0.15, -0.1) is 0 Å². The number of esters is 1. The van der Waals surface area contributed by atoms with Crippen molar-refractivity contribution in [3.63, 3.8) is 0 Å². The van der Waals surface area contributed by atoms with Gasteiger partial charge in [-0.1, -0.05) is 30.3 Å². The highest BCUT2D eigenvalue weighted by Crippen LogP contribution is 2.13. The summed E-state index contributed by atoms with van der Waals surface area (Å²) in [6, 6.07) is 18.2. The molecule has 0 atom stereocenters. The maximum absolute atomic E-state index is 12.0. The Kier molecular flexibility index (Phi) is 5.05. The van der Waals surface area contributed by atoms with Crippen LogP contribution < -0.4 is 5.32 Å². The second kappa shape index (κ2) is 7.39. The number of rotatable bonds is 4. The molecule has 24 heavy (non-hydrogen) atoms. The first-order chi connectivity index (χ1) is 11.6. The molecule has 0 saturated heterocycles. The summed E-state index contributed by atoms with van der Waals surface area (Å²) < 4.78 is 6.03. The zero-order valence-corrected chi connectivity index (χ0v) is 14.7. The summed E-state index contributed by atoms with van der Waals surface area (Å²) in [5.74, 6) is -1.02. The van der Waals surface area contributed by atoms with Crippen molar-refractivity contribution in [3.8, 4) is 0 Å². The minimum atomic E-state index is -0.626. The van der Waals surface area contributed by atoms with Gasteiger partial charge in [0.2, 0.25) is 0 Å². The number of halogens is 1. The molecule has 0 aliphatic carbocycles. The molecule has 0 aliphatic heterocycles. The van der Waals surface area contributed by atoms with Crippen molar-refractivity contribution in [2.24, 2.45) is 0 Å². The van der Waals surface area contributed by atoms with Gasteiger partial charge in [0.25, 0.3) is 5.91 Å². The van der Waals surface area contributed by atoms with Crippen molar-refractivity contribution >= 4 is 51.1 Å². The van der Waals surface area contributed by atoms with Gasteiger partial charge < -0.3 is 10.1 Å². The lowest BCUT2D eigenvalue weighted by atomic mass is 10.2. The number of nitrogens with zero attached hydrogens (tertiary/aromatic N) is 1. The van der Waals surface area contributed by atoms with Crippen molar-refractivity contribution < 1.29 is 14.3 Å². The number of anilines is 1. The number of hydrogen-bond donors (Lipinski definition) is 1. The Morgan fingerprint density at radius 1 is 1.04 bits per heavy atom. The van der Waals surface area contributed by atoms with Gasteiger partial charge in [0.05, 0.1) is 5.52 Å². The number of nitrogens with one attached hydrogen (secondary N) is 1. The smallest absolute Gasteiger partial charge is 0.357 e. The molecule has 1 N–H and O–H groups in total. The molecule has 1 aromatic heterocycles. The number of fused-ring (bicyclic) bond motifs is 1. The van der Waals surface area contributed by atoms with Crippen LogP contribution in [0.1, 0.15) is 10.5 Å². The second-order valence-electron chi connectivity index (χ2n) is 5.02. The standard InChI is InChI=1S/C18H13IN2O3/c19-13-5-3-6-14(10-13)20-17(22)11-24-18(23)16-9-8-12-4-1-2-7-15(12)21-16/h1-10H,11H2,(H,20,22). The molecule has 6 heteroatoms. The van der Waals surface area contributed by atoms with Gasteiger partial charge in [0.1, 0.15) is 5.69 Å². The molecule has 3 aromatic rings. The molecule has 3 rings (SSSR count). The number of ether oxygens (including phenoxy) is 1. The van der Waals surface area contributed by atoms with Crippen LogP contribution >= 0.6 is 22.6 Å². The van der Waals surface area contributed by atoms with Crippen molar-refractivity contribution in [1.29, 1.82) is 0 Å². The molecule has 0 unspecified atom stereocenters. The average Bonchev–Trinajstić information content (AvgIpc) is 2.59. The van der Waals surface area contributed by atoms with Crippen molar-refractivity contribution in [1.82, 2.24) is 4.98 Å². The number of benzene rings is 2. The van der Waals surface area contributed by atoms with Crippen LogP contribution in [0.25, 0.3) is 10.9 Å². The molecule has 0 saturated carbocycles. The van der Waals surface area contributed by atoms with Gasteiger partial charge in [-0.05, 0) is 52.9 Å². The quantitative estimate of drug-likeness (QED) is 0.505. The van der Waals surface area contributed by atoms with Gasteiger partial charge >= 0.3 is 5.97 Å². The molecule has 2 aromatic carbocycles. The highest BCUT2D eigenvalue weighted by molar-refractivity contribution is 14.1. The summed E-state index contributed by atoms with van der Waals surface area (Å²) in [6.45, 7) is -0.362. The van der Waals surface area contributed by atoms with Gasteiger partial charge in [0, 0.05) is 14.6 Å². The summed E-state index contributed by atoms with van der Waals surface area (Å²) in [5, 5.41) is 3.61. The molecular formula is C18H13IN2O3. The van der Waals surface area contributed by atoms with Crippen LogP contribution in [0.5, 0.6) is 0 Å². The molecular weight excluding hydrogens is 419 g/mol. The molecule has 0 spiro atoms. The minimum absolute atomic E-state index is 0.177. The molecule has 120 valence electrons. The van der Waals surface area contributed by atoms with Crippen LogP contribution in [0.2, 0.25) is 0 Å². The first-order valence-electron chi connectivity index (χ1n) is 7.20. The Labute approximate surface area is 152 Å². The fourth-order valence-electron chi connectivity index (χ4n) is 2.15. The van der Waals surface area contributed by atoms with Crippen LogP contribution in [-0.2, 0) is 9.53 Å². The fourth-order valence-corrected chi connectivity index (χ4v) is 2.69. The fraction of sp³-hybridized carbons (Fsp3) is 0.0556. The Bertz CT molecular complexity index is 911. The lowest BCUT2D eigenvalue weighted by molar-refractivity contribution is -0.119. The van der Waals surface area contributed by atoms with E-state index in [9.17, 15) is 9.59 Å². The van der Waals surface area contributed by atoms with E-state index >= 15 is 0 Å². The number of hydrogen-bond acceptors (Lipinski definition) is 4. The average molecular weight is 432 g/mol. The molecule has 0 radical (unpaired) electrons. The third-order valence-electron chi connectivity index (χ3n) is 3.25. The first-order valence-corrected chi connectivity index (χ1v) is 8.28. The summed E-state index contributed by atoms with van der Waals surface area (Å²) in [7, 11) is 0. The Morgan fingerprint density at radius 2 is 1.88 bits per heavy atom. The predicted molar refractivity (Wildman–Crippen MR) is 99.8 cm³/mol. The van der Waals surface area contributed by atoms with E-state index < -0.39 is 11.9 Å². The number of aromatic nitrogens is 1. The van der Waals surface area contributed by atoms with Gasteiger partial charge in [-0.3, -0.25) is 4.79 Å². The first kappa shape index (κ1) is 16.4. The summed E-state index contributed by atoms with van der Waals surface area (Å²) in [4.78, 5) is 28.1. The number of carbonyl (C=O) groups excluding carboxylic acids is 2. The maximum atomic E-state index is 12.0. The largest absolute Gasteiger partial charge is 0.451 e. The Morgan fingerprint density at radius 3 is 2.71 bits per heavy atom. The molecule has 0 fully saturated rings. The zero-order chi connectivity index (χ0) is 16.9. The van der Waals surface area contributed by atoms with E-state index in [0.717, 1.165) is 8.96 Å². The van der Waals surface area contributed by atoms with Crippen LogP contribution in [0.4, 0.5) is 5.69 Å². The molecule has 1 amide bonds. The molecule has 1 heterocycles. The third kappa shape index (κ3) is 4.08. The monoisotopic (exact) mass is 432 g/mol. The number of amides is 1. The Hall–Kier alpha value is -2.48. The lowest BCUT2D eigenvalue weighted by Crippen LogP contribution is -2.21. The van der Waals surface area contributed by atoms with E-state index in [2.05, 4.69) is 32.9 Å². The summed E-state index contributed by atoms with van der Waals surface area (Å²) >= 11 is 2.15. The molecule has 0 aliphatic rings. The zero-order valence-electron chi connectivity index (χ0n) is 12.5. The normalized spacial score (nSPS) is 10.4. The topological polar surface area (TPSA) is 68.3 Å². The van der Waals surface area contributed by atoms with Crippen LogP contribution in [-0.4, -0.2) is 23.5 Å². The maximum Gasteiger partial charge on any atom is 0.357 e. The minimum Gasteiger partial charge on any atom is -0.451 e.